The quantitative estimate of drug-likeness (QED) is 0.228. The van der Waals surface area contributed by atoms with Crippen molar-refractivity contribution in [2.24, 2.45) is 5.92 Å². The van der Waals surface area contributed by atoms with Crippen LogP contribution in [0.1, 0.15) is 43.7 Å². The van der Waals surface area contributed by atoms with Crippen LogP contribution in [0.3, 0.4) is 0 Å². The molecular formula is C32H38ClN7O5. The first-order valence-corrected chi connectivity index (χ1v) is 15.9. The van der Waals surface area contributed by atoms with Gasteiger partial charge < -0.3 is 14.5 Å². The van der Waals surface area contributed by atoms with E-state index >= 15 is 0 Å². The Morgan fingerprint density at radius 3 is 2.38 bits per heavy atom. The van der Waals surface area contributed by atoms with Gasteiger partial charge in [0.2, 0.25) is 5.91 Å². The molecule has 13 heteroatoms. The van der Waals surface area contributed by atoms with Crippen molar-refractivity contribution in [1.82, 2.24) is 19.6 Å². The zero-order valence-electron chi connectivity index (χ0n) is 25.4. The lowest BCUT2D eigenvalue weighted by atomic mass is 9.94. The van der Waals surface area contributed by atoms with Crippen molar-refractivity contribution in [2.45, 2.75) is 44.7 Å². The maximum absolute atomic E-state index is 13.4. The maximum atomic E-state index is 13.4. The number of piperidine rings is 2. The molecule has 3 aliphatic rings. The van der Waals surface area contributed by atoms with Gasteiger partial charge in [-0.05, 0) is 67.5 Å². The number of hydrogen-bond acceptors (Lipinski definition) is 8. The number of ether oxygens (including phenoxy) is 1. The predicted molar refractivity (Wildman–Crippen MR) is 171 cm³/mol. The highest BCUT2D eigenvalue weighted by atomic mass is 35.5. The molecular weight excluding hydrogens is 598 g/mol. The number of nitro groups is 1. The fraction of sp³-hybridized carbons (Fsp3) is 0.469. The molecule has 6 rings (SSSR count). The van der Waals surface area contributed by atoms with Crippen molar-refractivity contribution < 1.29 is 19.2 Å². The number of methoxy groups -OCH3 is 1. The van der Waals surface area contributed by atoms with Crippen LogP contribution in [-0.4, -0.2) is 82.8 Å². The third kappa shape index (κ3) is 6.91. The Morgan fingerprint density at radius 2 is 1.73 bits per heavy atom. The van der Waals surface area contributed by atoms with Crippen LogP contribution >= 0.6 is 11.6 Å². The standard InChI is InChI=1S/C32H38ClN7O5/c1-45-28-5-2-23(3-6-28)21-38-31(41)12-17-37(32(38)42)30-7-4-26(18-29(30)33)36-15-8-24(9-16-36)20-35-13-10-25(11-14-35)39-22-27(19-34-39)40(43)44/h2-7,18-19,22,24-25H,8-17,20-21H2,1H3. The minimum absolute atomic E-state index is 0.0454. The van der Waals surface area contributed by atoms with E-state index in [1.165, 1.54) is 11.1 Å². The van der Waals surface area contributed by atoms with Gasteiger partial charge in [0.15, 0.2) is 0 Å². The highest BCUT2D eigenvalue weighted by Crippen LogP contribution is 2.35. The monoisotopic (exact) mass is 635 g/mol. The molecule has 12 nitrogen and oxygen atoms in total. The van der Waals surface area contributed by atoms with E-state index in [4.69, 9.17) is 16.3 Å². The first-order chi connectivity index (χ1) is 21.8. The van der Waals surface area contributed by atoms with Gasteiger partial charge in [-0.25, -0.2) is 4.79 Å². The molecule has 0 bridgehead atoms. The molecule has 2 aromatic carbocycles. The van der Waals surface area contributed by atoms with Crippen LogP contribution in [0.25, 0.3) is 0 Å². The molecule has 0 saturated carbocycles. The number of urea groups is 1. The average molecular weight is 636 g/mol. The Hall–Kier alpha value is -4.16. The van der Waals surface area contributed by atoms with Crippen molar-refractivity contribution >= 4 is 40.6 Å². The Kier molecular flexibility index (Phi) is 9.22. The van der Waals surface area contributed by atoms with E-state index in [-0.39, 0.29) is 36.6 Å². The van der Waals surface area contributed by atoms with E-state index in [2.05, 4.69) is 14.9 Å². The van der Waals surface area contributed by atoms with Crippen LogP contribution in [-0.2, 0) is 11.3 Å². The molecule has 0 N–H and O–H groups in total. The van der Waals surface area contributed by atoms with Crippen LogP contribution in [0.5, 0.6) is 5.75 Å². The summed E-state index contributed by atoms with van der Waals surface area (Å²) in [7, 11) is 1.60. The van der Waals surface area contributed by atoms with E-state index in [1.54, 1.807) is 22.9 Å². The number of nitrogens with zero attached hydrogens (tertiary/aromatic N) is 7. The molecule has 4 heterocycles. The van der Waals surface area contributed by atoms with E-state index in [0.29, 0.717) is 28.9 Å². The number of carbonyl (C=O) groups is 2. The smallest absolute Gasteiger partial charge is 0.331 e. The van der Waals surface area contributed by atoms with Crippen molar-refractivity contribution in [2.75, 3.05) is 56.2 Å². The molecule has 0 atom stereocenters. The van der Waals surface area contributed by atoms with Crippen LogP contribution in [0.15, 0.2) is 54.9 Å². The van der Waals surface area contributed by atoms with Gasteiger partial charge >= 0.3 is 11.7 Å². The van der Waals surface area contributed by atoms with E-state index in [0.717, 1.165) is 69.7 Å². The molecule has 3 aromatic rings. The molecule has 3 fully saturated rings. The number of hydrogen-bond donors (Lipinski definition) is 0. The number of benzene rings is 2. The minimum atomic E-state index is -0.398. The van der Waals surface area contributed by atoms with Gasteiger partial charge in [0.05, 0.1) is 35.3 Å². The molecule has 0 aliphatic carbocycles. The summed E-state index contributed by atoms with van der Waals surface area (Å²) < 4.78 is 6.96. The zero-order valence-corrected chi connectivity index (χ0v) is 26.1. The summed E-state index contributed by atoms with van der Waals surface area (Å²) in [6, 6.07) is 13.0. The number of rotatable bonds is 9. The zero-order chi connectivity index (χ0) is 31.5. The fourth-order valence-electron chi connectivity index (χ4n) is 6.62. The van der Waals surface area contributed by atoms with E-state index < -0.39 is 4.92 Å². The van der Waals surface area contributed by atoms with E-state index in [1.807, 2.05) is 42.5 Å². The second kappa shape index (κ2) is 13.5. The first kappa shape index (κ1) is 30.8. The fourth-order valence-corrected chi connectivity index (χ4v) is 6.90. The van der Waals surface area contributed by atoms with Gasteiger partial charge in [-0.15, -0.1) is 0 Å². The molecule has 238 valence electrons. The van der Waals surface area contributed by atoms with Gasteiger partial charge in [-0.1, -0.05) is 23.7 Å². The summed E-state index contributed by atoms with van der Waals surface area (Å²) in [4.78, 5) is 44.4. The van der Waals surface area contributed by atoms with Gasteiger partial charge in [0.25, 0.3) is 0 Å². The lowest BCUT2D eigenvalue weighted by Gasteiger charge is -2.38. The second-order valence-electron chi connectivity index (χ2n) is 12.0. The number of likely N-dealkylation sites (tertiary alicyclic amines) is 1. The Balaban J connectivity index is 1.00. The topological polar surface area (TPSA) is 117 Å². The van der Waals surface area contributed by atoms with Crippen LogP contribution in [0.2, 0.25) is 5.02 Å². The molecule has 1 aromatic heterocycles. The largest absolute Gasteiger partial charge is 0.497 e. The third-order valence-electron chi connectivity index (χ3n) is 9.26. The SMILES string of the molecule is COc1ccc(CN2C(=O)CCN(c3ccc(N4CCC(CN5CCC(n6cc([N+](=O)[O-])cn6)CC5)CC4)cc3Cl)C2=O)cc1. The van der Waals surface area contributed by atoms with Crippen molar-refractivity contribution in [3.63, 3.8) is 0 Å². The number of carbonyl (C=O) groups excluding carboxylic acids is 2. The van der Waals surface area contributed by atoms with E-state index in [9.17, 15) is 19.7 Å². The second-order valence-corrected chi connectivity index (χ2v) is 12.5. The van der Waals surface area contributed by atoms with Crippen LogP contribution in [0.4, 0.5) is 21.9 Å². The first-order valence-electron chi connectivity index (χ1n) is 15.5. The number of halogens is 1. The summed E-state index contributed by atoms with van der Waals surface area (Å²) in [5, 5.41) is 15.7. The summed E-state index contributed by atoms with van der Waals surface area (Å²) in [5.74, 6) is 1.13. The van der Waals surface area contributed by atoms with Gasteiger partial charge in [0, 0.05) is 51.4 Å². The summed E-state index contributed by atoms with van der Waals surface area (Å²) >= 11 is 6.77. The number of anilines is 2. The minimum Gasteiger partial charge on any atom is -0.497 e. The van der Waals surface area contributed by atoms with Gasteiger partial charge in [0.1, 0.15) is 18.1 Å². The Morgan fingerprint density at radius 1 is 1.00 bits per heavy atom. The number of imide groups is 1. The average Bonchev–Trinajstić information content (AvgIpc) is 3.56. The highest BCUT2D eigenvalue weighted by Gasteiger charge is 2.34. The lowest BCUT2D eigenvalue weighted by Crippen LogP contribution is -2.52. The molecule has 0 unspecified atom stereocenters. The lowest BCUT2D eigenvalue weighted by molar-refractivity contribution is -0.385. The summed E-state index contributed by atoms with van der Waals surface area (Å²) in [6.45, 7) is 5.33. The number of amides is 3. The van der Waals surface area contributed by atoms with Gasteiger partial charge in [-0.3, -0.25) is 29.4 Å². The normalized spacial score (nSPS) is 18.9. The summed E-state index contributed by atoms with van der Waals surface area (Å²) in [5.41, 5.74) is 2.54. The predicted octanol–water partition coefficient (Wildman–Crippen LogP) is 5.37. The Labute approximate surface area is 267 Å². The van der Waals surface area contributed by atoms with Crippen LogP contribution in [0, 0.1) is 16.0 Å². The third-order valence-corrected chi connectivity index (χ3v) is 9.56. The molecule has 3 aliphatic heterocycles. The van der Waals surface area contributed by atoms with Crippen molar-refractivity contribution in [3.05, 3.63) is 75.6 Å². The summed E-state index contributed by atoms with van der Waals surface area (Å²) in [6.07, 6.45) is 7.14. The molecule has 0 radical (unpaired) electrons. The van der Waals surface area contributed by atoms with Crippen molar-refractivity contribution in [1.29, 1.82) is 0 Å². The maximum Gasteiger partial charge on any atom is 0.331 e. The number of aromatic nitrogens is 2. The van der Waals surface area contributed by atoms with Crippen LogP contribution < -0.4 is 14.5 Å². The van der Waals surface area contributed by atoms with Gasteiger partial charge in [-0.2, -0.15) is 5.10 Å². The molecule has 3 amide bonds. The molecule has 0 spiro atoms. The molecule has 45 heavy (non-hydrogen) atoms. The Bertz CT molecular complexity index is 1530. The van der Waals surface area contributed by atoms with Crippen molar-refractivity contribution in [3.8, 4) is 5.75 Å². The highest BCUT2D eigenvalue weighted by molar-refractivity contribution is 6.34. The molecule has 3 saturated heterocycles.